The summed E-state index contributed by atoms with van der Waals surface area (Å²) < 4.78 is 7.44. The third-order valence-corrected chi connectivity index (χ3v) is 5.27. The summed E-state index contributed by atoms with van der Waals surface area (Å²) in [5, 5.41) is 0. The van der Waals surface area contributed by atoms with Crippen LogP contribution in [0.1, 0.15) is 22.3 Å². The zero-order valence-electron chi connectivity index (χ0n) is 13.8. The monoisotopic (exact) mass is 428 g/mol. The highest BCUT2D eigenvalue weighted by Crippen LogP contribution is 2.27. The van der Waals surface area contributed by atoms with Crippen LogP contribution < -0.4 is 4.74 Å². The summed E-state index contributed by atoms with van der Waals surface area (Å²) in [4.78, 5) is 0. The number of rotatable bonds is 6. The van der Waals surface area contributed by atoms with E-state index in [0.717, 1.165) is 18.6 Å². The van der Waals surface area contributed by atoms with Crippen molar-refractivity contribution in [2.45, 2.75) is 26.4 Å². The van der Waals surface area contributed by atoms with Crippen molar-refractivity contribution >= 4 is 22.6 Å². The summed E-state index contributed by atoms with van der Waals surface area (Å²) in [5.74, 6) is 1.01. The summed E-state index contributed by atoms with van der Waals surface area (Å²) in [6, 6.07) is 25.4. The van der Waals surface area contributed by atoms with Crippen molar-refractivity contribution in [3.05, 3.63) is 98.6 Å². The maximum Gasteiger partial charge on any atom is 0.123 e. The molecule has 0 spiro atoms. The second-order valence-corrected chi connectivity index (χ2v) is 7.13. The molecule has 0 saturated carbocycles. The smallest absolute Gasteiger partial charge is 0.123 e. The SMILES string of the molecule is Cc1cc(OCc2ccccc2)c(CCc2ccccc2)cc1I. The summed E-state index contributed by atoms with van der Waals surface area (Å²) in [7, 11) is 0. The molecule has 0 unspecified atom stereocenters. The van der Waals surface area contributed by atoms with Gasteiger partial charge in [0.15, 0.2) is 0 Å². The average Bonchev–Trinajstić information content (AvgIpc) is 2.63. The van der Waals surface area contributed by atoms with Crippen molar-refractivity contribution in [3.63, 3.8) is 0 Å². The molecule has 0 atom stereocenters. The fourth-order valence-electron chi connectivity index (χ4n) is 2.68. The van der Waals surface area contributed by atoms with Crippen LogP contribution in [0.5, 0.6) is 5.75 Å². The Morgan fingerprint density at radius 1 is 0.792 bits per heavy atom. The van der Waals surface area contributed by atoms with Gasteiger partial charge in [-0.2, -0.15) is 0 Å². The molecule has 0 fully saturated rings. The molecule has 0 aliphatic carbocycles. The molecule has 0 aliphatic rings. The maximum atomic E-state index is 6.14. The minimum Gasteiger partial charge on any atom is -0.489 e. The molecule has 1 nitrogen and oxygen atoms in total. The van der Waals surface area contributed by atoms with Gasteiger partial charge in [0.25, 0.3) is 0 Å². The zero-order chi connectivity index (χ0) is 16.8. The Bertz CT molecular complexity index is 713. The van der Waals surface area contributed by atoms with Crippen LogP contribution in [0.2, 0.25) is 0 Å². The topological polar surface area (TPSA) is 9.23 Å². The van der Waals surface area contributed by atoms with Gasteiger partial charge in [-0.15, -0.1) is 0 Å². The van der Waals surface area contributed by atoms with Crippen LogP contribution in [0.3, 0.4) is 0 Å². The van der Waals surface area contributed by atoms with E-state index in [0.29, 0.717) is 6.61 Å². The van der Waals surface area contributed by atoms with Gasteiger partial charge < -0.3 is 4.74 Å². The van der Waals surface area contributed by atoms with Crippen LogP contribution in [0, 0.1) is 10.5 Å². The molecule has 0 amide bonds. The van der Waals surface area contributed by atoms with Crippen molar-refractivity contribution < 1.29 is 4.74 Å². The first-order valence-electron chi connectivity index (χ1n) is 8.22. The summed E-state index contributed by atoms with van der Waals surface area (Å²) in [5.41, 5.74) is 5.11. The van der Waals surface area contributed by atoms with Crippen LogP contribution in [0.4, 0.5) is 0 Å². The maximum absolute atomic E-state index is 6.14. The van der Waals surface area contributed by atoms with Gasteiger partial charge in [0.05, 0.1) is 0 Å². The Hall–Kier alpha value is -1.81. The van der Waals surface area contributed by atoms with E-state index in [4.69, 9.17) is 4.74 Å². The number of halogens is 1. The molecule has 0 aliphatic heterocycles. The predicted molar refractivity (Wildman–Crippen MR) is 109 cm³/mol. The lowest BCUT2D eigenvalue weighted by atomic mass is 10.0. The van der Waals surface area contributed by atoms with Crippen molar-refractivity contribution in [2.75, 3.05) is 0 Å². The number of aryl methyl sites for hydroxylation is 3. The van der Waals surface area contributed by atoms with Gasteiger partial charge in [-0.1, -0.05) is 60.7 Å². The first-order chi connectivity index (χ1) is 11.7. The molecule has 0 radical (unpaired) electrons. The quantitative estimate of drug-likeness (QED) is 0.440. The Morgan fingerprint density at radius 2 is 1.42 bits per heavy atom. The molecular weight excluding hydrogens is 407 g/mol. The van der Waals surface area contributed by atoms with E-state index in [-0.39, 0.29) is 0 Å². The van der Waals surface area contributed by atoms with Gasteiger partial charge in [0, 0.05) is 3.57 Å². The van der Waals surface area contributed by atoms with Crippen LogP contribution in [0.25, 0.3) is 0 Å². The Balaban J connectivity index is 1.75. The lowest BCUT2D eigenvalue weighted by molar-refractivity contribution is 0.302. The fourth-order valence-corrected chi connectivity index (χ4v) is 3.22. The third-order valence-electron chi connectivity index (χ3n) is 4.10. The highest BCUT2D eigenvalue weighted by molar-refractivity contribution is 14.1. The summed E-state index contributed by atoms with van der Waals surface area (Å²) >= 11 is 2.41. The minimum absolute atomic E-state index is 0.610. The number of benzene rings is 3. The highest BCUT2D eigenvalue weighted by atomic mass is 127. The van der Waals surface area contributed by atoms with Gasteiger partial charge in [0.1, 0.15) is 12.4 Å². The van der Waals surface area contributed by atoms with Crippen molar-refractivity contribution in [2.24, 2.45) is 0 Å². The second-order valence-electron chi connectivity index (χ2n) is 5.97. The molecule has 3 aromatic rings. The average molecular weight is 428 g/mol. The lowest BCUT2D eigenvalue weighted by Gasteiger charge is -2.14. The largest absolute Gasteiger partial charge is 0.489 e. The van der Waals surface area contributed by atoms with E-state index in [1.54, 1.807) is 0 Å². The molecule has 0 aromatic heterocycles. The Labute approximate surface area is 157 Å². The van der Waals surface area contributed by atoms with Gasteiger partial charge in [-0.05, 0) is 76.7 Å². The predicted octanol–water partition coefficient (Wildman–Crippen LogP) is 5.96. The van der Waals surface area contributed by atoms with E-state index < -0.39 is 0 Å². The Morgan fingerprint density at radius 3 is 2.08 bits per heavy atom. The molecule has 0 saturated heterocycles. The van der Waals surface area contributed by atoms with Crippen molar-refractivity contribution in [1.29, 1.82) is 0 Å². The number of ether oxygens (including phenoxy) is 1. The summed E-state index contributed by atoms with van der Waals surface area (Å²) in [6.45, 7) is 2.75. The zero-order valence-corrected chi connectivity index (χ0v) is 16.0. The highest BCUT2D eigenvalue weighted by Gasteiger charge is 2.08. The second kappa shape index (κ2) is 8.34. The standard InChI is InChI=1S/C22H21IO/c1-17-14-22(24-16-19-10-6-3-7-11-19)20(15-21(17)23)13-12-18-8-4-2-5-9-18/h2-11,14-15H,12-13,16H2,1H3. The molecule has 24 heavy (non-hydrogen) atoms. The van der Waals surface area contributed by atoms with E-state index in [1.165, 1.54) is 25.8 Å². The lowest BCUT2D eigenvalue weighted by Crippen LogP contribution is -2.01. The van der Waals surface area contributed by atoms with Gasteiger partial charge in [-0.25, -0.2) is 0 Å². The molecule has 3 rings (SSSR count). The van der Waals surface area contributed by atoms with Gasteiger partial charge >= 0.3 is 0 Å². The van der Waals surface area contributed by atoms with Crippen molar-refractivity contribution in [1.82, 2.24) is 0 Å². The van der Waals surface area contributed by atoms with Crippen LogP contribution in [-0.2, 0) is 19.4 Å². The van der Waals surface area contributed by atoms with Crippen LogP contribution in [-0.4, -0.2) is 0 Å². The Kier molecular flexibility index (Phi) is 5.91. The molecular formula is C22H21IO. The van der Waals surface area contributed by atoms with E-state index in [1.807, 2.05) is 18.2 Å². The molecule has 2 heteroatoms. The molecule has 122 valence electrons. The first-order valence-corrected chi connectivity index (χ1v) is 9.30. The van der Waals surface area contributed by atoms with E-state index in [2.05, 4.69) is 84.1 Å². The normalized spacial score (nSPS) is 10.6. The number of hydrogen-bond acceptors (Lipinski definition) is 1. The molecule has 3 aromatic carbocycles. The summed E-state index contributed by atoms with van der Waals surface area (Å²) in [6.07, 6.45) is 2.02. The van der Waals surface area contributed by atoms with Gasteiger partial charge in [0.2, 0.25) is 0 Å². The minimum atomic E-state index is 0.610. The molecule has 0 bridgehead atoms. The van der Waals surface area contributed by atoms with E-state index >= 15 is 0 Å². The van der Waals surface area contributed by atoms with Gasteiger partial charge in [-0.3, -0.25) is 0 Å². The molecule has 0 N–H and O–H groups in total. The van der Waals surface area contributed by atoms with E-state index in [9.17, 15) is 0 Å². The van der Waals surface area contributed by atoms with Crippen molar-refractivity contribution in [3.8, 4) is 5.75 Å². The first kappa shape index (κ1) is 17.0. The fraction of sp³-hybridized carbons (Fsp3) is 0.182. The van der Waals surface area contributed by atoms with Crippen LogP contribution >= 0.6 is 22.6 Å². The molecule has 0 heterocycles. The van der Waals surface area contributed by atoms with Crippen LogP contribution in [0.15, 0.2) is 72.8 Å². The third kappa shape index (κ3) is 4.60. The number of hydrogen-bond donors (Lipinski definition) is 0.